The highest BCUT2D eigenvalue weighted by atomic mass is 35.5. The quantitative estimate of drug-likeness (QED) is 0.00787. The number of likely N-dealkylation sites (tertiary alicyclic amines) is 2. The fourth-order valence-electron chi connectivity index (χ4n) is 13.6. The van der Waals surface area contributed by atoms with Gasteiger partial charge in [0.05, 0.1) is 34.3 Å². The Morgan fingerprint density at radius 1 is 0.365 bits per heavy atom. The number of carbonyl (C=O) groups excluding carboxylic acids is 8. The summed E-state index contributed by atoms with van der Waals surface area (Å²) in [6.45, 7) is 6.97. The van der Waals surface area contributed by atoms with Crippen LogP contribution in [0.25, 0.3) is 0 Å². The van der Waals surface area contributed by atoms with Crippen molar-refractivity contribution in [2.75, 3.05) is 81.8 Å². The van der Waals surface area contributed by atoms with Crippen LogP contribution in [0.4, 0.5) is 54.0 Å². The Morgan fingerprint density at radius 2 is 0.657 bits per heavy atom. The first-order valence-electron chi connectivity index (χ1n) is 41.6. The van der Waals surface area contributed by atoms with Gasteiger partial charge in [0.1, 0.15) is 69.6 Å². The second-order valence-corrected chi connectivity index (χ2v) is 32.7. The van der Waals surface area contributed by atoms with Gasteiger partial charge in [0, 0.05) is 186 Å². The van der Waals surface area contributed by atoms with Crippen LogP contribution >= 0.6 is 58.0 Å². The summed E-state index contributed by atoms with van der Waals surface area (Å²) in [5.74, 6) is -3.11. The summed E-state index contributed by atoms with van der Waals surface area (Å²) in [5, 5.41) is 36.6. The Morgan fingerprint density at radius 3 is 0.942 bits per heavy atom. The second kappa shape index (κ2) is 45.9. The number of halogens is 12. The van der Waals surface area contributed by atoms with E-state index in [4.69, 9.17) is 83.7 Å². The Hall–Kier alpha value is -14.8. The van der Waals surface area contributed by atoms with Crippen molar-refractivity contribution in [2.24, 2.45) is 4.99 Å². The highest BCUT2D eigenvalue weighted by Gasteiger charge is 2.35. The first-order chi connectivity index (χ1) is 65.3. The molecule has 4 amide bonds. The van der Waals surface area contributed by atoms with Crippen LogP contribution in [-0.2, 0) is 25.7 Å². The summed E-state index contributed by atoms with van der Waals surface area (Å²) < 4.78 is 109. The number of Topliss-reactive ketones (excluding diaryl/α,β-unsaturated/α-hetero) is 4. The van der Waals surface area contributed by atoms with Crippen molar-refractivity contribution in [2.45, 2.75) is 58.2 Å². The predicted molar refractivity (Wildman–Crippen MR) is 506 cm³/mol. The number of hydrogen-bond donors (Lipinski definition) is 7. The summed E-state index contributed by atoms with van der Waals surface area (Å²) in [7, 11) is 4.46. The van der Waals surface area contributed by atoms with E-state index in [-0.39, 0.29) is 111 Å². The molecule has 0 atom stereocenters. The Labute approximate surface area is 804 Å². The fourth-order valence-corrected chi connectivity index (χ4v) is 14.2. The van der Waals surface area contributed by atoms with E-state index in [1.165, 1.54) is 87.5 Å². The molecule has 0 saturated carbocycles. The SMILES string of the molecule is CN=C(C)c1ccc(C(=O)Cc2ccc(OC(F)(F)F)cc2C(=O)Nc2ccc(Cl)cn2)cc1.COc1cc(Cl)cc(C(=O)Nc2ccc(Cl)cn2)c1CC(=O)c1ccc(C(=N)N2CC2)cc1.COc1cc(F)cc(C(=O)Nc2ccc(Cl)cn2)c1CC(=O)c1ccc(C(=N)N2CCC2)cc1.N=C(c1ccc(C(=O)Cc2ccc(OC(F)(F)F)cc2C(=O)Nc2ccc(Cl)cn2)cc1)N1CCC1. The lowest BCUT2D eigenvalue weighted by atomic mass is 9.96. The second-order valence-electron chi connectivity index (χ2n) is 30.5. The number of nitrogens with one attached hydrogen (secondary N) is 7. The standard InChI is InChI=1S/C25H20ClF3N4O3.C25H22ClFN4O3.C24H20Cl2N4O3.C24H19ClF3N3O3/c26-18-7-9-22(31-14-18)32-24(35)20-13-19(36-25(27,28)29)8-6-17(20)12-21(34)15-2-4-16(5-3-15)23(30)33-10-1-11-33;1-34-22-12-18(27)11-20(25(33)30-23-8-7-17(26)14-29-23)19(22)13-21(32)15-3-5-16(6-4-15)24(28)31-9-2-10-31;1-33-21-11-17(26)10-19(24(32)29-22-7-6-16(25)13-28-22)18(21)12-20(31)14-2-4-15(5-3-14)23(27)30-8-9-30;1-14(29-2)15-3-5-16(6-4-15)21(32)11-17-7-9-19(34-24(26,27)28)12-20(17)23(33)31-22-10-8-18(25)13-30-22/h2-9,13-14,30H,1,10-12H2,(H,31,32,35);3-8,11-12,14,28H,2,9-10,13H2,1H3,(H,29,30,33);2-7,10-11,13,27H,8-9,12H2,1H3,(H,28,29,32);3-10,12-13H,11H2,1-2H3,(H,30,31,33). The van der Waals surface area contributed by atoms with Crippen LogP contribution in [0.5, 0.6) is 23.0 Å². The molecule has 7 heterocycles. The van der Waals surface area contributed by atoms with Crippen molar-refractivity contribution < 1.29 is 88.0 Å². The Bertz CT molecular complexity index is 6560. The summed E-state index contributed by atoms with van der Waals surface area (Å²) in [4.78, 5) is 129. The molecule has 4 aromatic heterocycles. The zero-order valence-corrected chi connectivity index (χ0v) is 76.7. The molecular weight excluding hydrogens is 1890 g/mol. The normalized spacial score (nSPS) is 12.4. The molecular formula is C98H81Cl5F7N15O12. The number of aliphatic imine (C=N–C) groups is 1. The molecule has 0 spiro atoms. The summed E-state index contributed by atoms with van der Waals surface area (Å²) >= 11 is 29.4. The molecule has 0 aliphatic carbocycles. The van der Waals surface area contributed by atoms with Crippen LogP contribution in [0.2, 0.25) is 25.1 Å². The molecule has 3 aliphatic rings. The van der Waals surface area contributed by atoms with Gasteiger partial charge in [-0.1, -0.05) is 167 Å². The van der Waals surface area contributed by atoms with Gasteiger partial charge in [0.25, 0.3) is 23.6 Å². The van der Waals surface area contributed by atoms with Crippen LogP contribution < -0.4 is 40.2 Å². The molecule has 0 unspecified atom stereocenters. The van der Waals surface area contributed by atoms with Gasteiger partial charge in [-0.25, -0.2) is 24.3 Å². The summed E-state index contributed by atoms with van der Waals surface area (Å²) in [5.41, 5.74) is 6.39. The van der Waals surface area contributed by atoms with Gasteiger partial charge in [-0.15, -0.1) is 26.3 Å². The van der Waals surface area contributed by atoms with Crippen molar-refractivity contribution in [3.63, 3.8) is 0 Å². The highest BCUT2D eigenvalue weighted by Crippen LogP contribution is 2.35. The van der Waals surface area contributed by atoms with E-state index in [1.807, 2.05) is 21.6 Å². The number of hydrogen-bond acceptors (Lipinski definition) is 20. The van der Waals surface area contributed by atoms with E-state index in [0.717, 1.165) is 111 Å². The zero-order valence-electron chi connectivity index (χ0n) is 72.9. The number of amidine groups is 3. The minimum Gasteiger partial charge on any atom is -0.496 e. The van der Waals surface area contributed by atoms with Crippen LogP contribution in [0, 0.1) is 22.0 Å². The van der Waals surface area contributed by atoms with Crippen molar-refractivity contribution in [3.05, 3.63) is 351 Å². The van der Waals surface area contributed by atoms with E-state index in [2.05, 4.69) is 55.7 Å². The van der Waals surface area contributed by atoms with Crippen molar-refractivity contribution in [1.82, 2.24) is 34.6 Å². The first-order valence-corrected chi connectivity index (χ1v) is 43.4. The number of alkyl halides is 6. The number of ether oxygens (including phenoxy) is 4. The minimum atomic E-state index is -4.95. The number of anilines is 4. The number of benzene rings is 8. The lowest BCUT2D eigenvalue weighted by molar-refractivity contribution is -0.275. The largest absolute Gasteiger partial charge is 0.573 e. The Balaban J connectivity index is 0.000000164. The number of nitrogens with zero attached hydrogens (tertiary/aromatic N) is 8. The minimum absolute atomic E-state index is 0.0295. The number of pyridine rings is 4. The number of ketones is 4. The van der Waals surface area contributed by atoms with Gasteiger partial charge >= 0.3 is 12.7 Å². The van der Waals surface area contributed by atoms with Crippen LogP contribution in [0.3, 0.4) is 0 Å². The van der Waals surface area contributed by atoms with Crippen LogP contribution in [0.15, 0.2) is 236 Å². The van der Waals surface area contributed by atoms with E-state index in [1.54, 1.807) is 128 Å². The first kappa shape index (κ1) is 101. The molecule has 3 aliphatic heterocycles. The van der Waals surface area contributed by atoms with Gasteiger partial charge in [-0.05, 0) is 127 Å². The molecule has 39 heteroatoms. The third-order valence-corrected chi connectivity index (χ3v) is 22.3. The van der Waals surface area contributed by atoms with E-state index >= 15 is 0 Å². The zero-order chi connectivity index (χ0) is 98.5. The smallest absolute Gasteiger partial charge is 0.496 e. The Kier molecular flexibility index (Phi) is 33.9. The molecule has 704 valence electrons. The third-order valence-electron chi connectivity index (χ3n) is 21.2. The monoisotopic (exact) mass is 1970 g/mol. The molecule has 7 N–H and O–H groups in total. The van der Waals surface area contributed by atoms with Crippen molar-refractivity contribution in [3.8, 4) is 23.0 Å². The molecule has 27 nitrogen and oxygen atoms in total. The van der Waals surface area contributed by atoms with Gasteiger partial charge in [-0.2, -0.15) is 0 Å². The maximum atomic E-state index is 14.2. The van der Waals surface area contributed by atoms with E-state index < -0.39 is 53.7 Å². The number of rotatable bonds is 28. The van der Waals surface area contributed by atoms with Gasteiger partial charge in [-0.3, -0.25) is 59.6 Å². The molecule has 137 heavy (non-hydrogen) atoms. The summed E-state index contributed by atoms with van der Waals surface area (Å²) in [6, 6.07) is 50.8. The molecule has 0 bridgehead atoms. The number of aromatic nitrogens is 4. The van der Waals surface area contributed by atoms with Crippen LogP contribution in [-0.4, -0.2) is 178 Å². The van der Waals surface area contributed by atoms with Crippen molar-refractivity contribution >= 4 is 151 Å². The van der Waals surface area contributed by atoms with Crippen LogP contribution in [0.1, 0.15) is 147 Å². The number of methoxy groups -OCH3 is 2. The van der Waals surface area contributed by atoms with Crippen molar-refractivity contribution in [1.29, 1.82) is 16.2 Å². The average Bonchev–Trinajstić information content (AvgIpc) is 1.67. The molecule has 15 rings (SSSR count). The molecule has 0 radical (unpaired) electrons. The fraction of sp³-hybridized carbons (Fsp3) is 0.184. The van der Waals surface area contributed by atoms with E-state index in [9.17, 15) is 69.1 Å². The maximum Gasteiger partial charge on any atom is 0.573 e. The van der Waals surface area contributed by atoms with E-state index in [0.29, 0.717) is 87.6 Å². The number of amides is 4. The lowest BCUT2D eigenvalue weighted by Crippen LogP contribution is -2.42. The lowest BCUT2D eigenvalue weighted by Gasteiger charge is -2.33. The van der Waals surface area contributed by atoms with Gasteiger partial charge in [0.2, 0.25) is 0 Å². The van der Waals surface area contributed by atoms with Gasteiger partial charge < -0.3 is 54.9 Å². The maximum absolute atomic E-state index is 14.2. The summed E-state index contributed by atoms with van der Waals surface area (Å²) in [6.07, 6.45) is -3.09. The number of carbonyl (C=O) groups is 8. The van der Waals surface area contributed by atoms with Gasteiger partial charge in [0.15, 0.2) is 23.1 Å². The third kappa shape index (κ3) is 28.4. The predicted octanol–water partition coefficient (Wildman–Crippen LogP) is 20.4. The molecule has 12 aromatic rings. The molecule has 3 fully saturated rings. The highest BCUT2D eigenvalue weighted by molar-refractivity contribution is 6.32. The average molecular weight is 1970 g/mol. The molecule has 8 aromatic carbocycles. The molecule has 3 saturated heterocycles. The topological polar surface area (TPSA) is 367 Å².